The van der Waals surface area contributed by atoms with E-state index in [1.807, 2.05) is 11.8 Å². The topological polar surface area (TPSA) is 24.1 Å². The van der Waals surface area contributed by atoms with E-state index < -0.39 is 0 Å². The Morgan fingerprint density at radius 3 is 2.82 bits per heavy atom. The van der Waals surface area contributed by atoms with E-state index in [0.717, 1.165) is 6.04 Å². The Labute approximate surface area is 112 Å². The third-order valence-corrected chi connectivity index (χ3v) is 4.27. The van der Waals surface area contributed by atoms with Crippen molar-refractivity contribution in [2.24, 2.45) is 0 Å². The average Bonchev–Trinajstić information content (AvgIpc) is 2.80. The highest BCUT2D eigenvalue weighted by atomic mass is 32.2. The average molecular weight is 258 g/mol. The Bertz CT molecular complexity index is 170. The van der Waals surface area contributed by atoms with Crippen LogP contribution >= 0.6 is 11.8 Å². The lowest BCUT2D eigenvalue weighted by Crippen LogP contribution is -2.34. The lowest BCUT2D eigenvalue weighted by atomic mass is 10.1. The summed E-state index contributed by atoms with van der Waals surface area (Å²) in [7, 11) is 0. The SMILES string of the molecule is CSCCCCCCNC(C)CC1CCCN1. The molecule has 17 heavy (non-hydrogen) atoms. The van der Waals surface area contributed by atoms with Gasteiger partial charge in [0.1, 0.15) is 0 Å². The Kier molecular flexibility index (Phi) is 9.21. The summed E-state index contributed by atoms with van der Waals surface area (Å²) >= 11 is 1.97. The number of hydrogen-bond donors (Lipinski definition) is 2. The standard InChI is InChI=1S/C14H30N2S/c1-13(12-14-8-7-10-16-14)15-9-5-3-4-6-11-17-2/h13-16H,3-12H2,1-2H3. The van der Waals surface area contributed by atoms with Crippen molar-refractivity contribution >= 4 is 11.8 Å². The monoisotopic (exact) mass is 258 g/mol. The fourth-order valence-electron chi connectivity index (χ4n) is 2.54. The highest BCUT2D eigenvalue weighted by Gasteiger charge is 2.16. The summed E-state index contributed by atoms with van der Waals surface area (Å²) in [5.74, 6) is 1.33. The minimum atomic E-state index is 0.678. The summed E-state index contributed by atoms with van der Waals surface area (Å²) in [6, 6.07) is 1.45. The van der Waals surface area contributed by atoms with Crippen LogP contribution in [0.15, 0.2) is 0 Å². The van der Waals surface area contributed by atoms with Crippen LogP contribution in [0.3, 0.4) is 0 Å². The molecule has 0 radical (unpaired) electrons. The Morgan fingerprint density at radius 1 is 1.29 bits per heavy atom. The van der Waals surface area contributed by atoms with E-state index in [1.165, 1.54) is 63.8 Å². The summed E-state index contributed by atoms with van der Waals surface area (Å²) in [4.78, 5) is 0. The third kappa shape index (κ3) is 8.06. The zero-order valence-corrected chi connectivity index (χ0v) is 12.5. The van der Waals surface area contributed by atoms with E-state index >= 15 is 0 Å². The molecule has 0 saturated carbocycles. The molecule has 2 atom stereocenters. The minimum Gasteiger partial charge on any atom is -0.314 e. The first-order chi connectivity index (χ1) is 8.33. The molecule has 0 bridgehead atoms. The maximum absolute atomic E-state index is 3.66. The molecule has 0 spiro atoms. The van der Waals surface area contributed by atoms with Crippen molar-refractivity contribution in [1.82, 2.24) is 10.6 Å². The Balaban J connectivity index is 1.84. The molecule has 0 aromatic carbocycles. The molecule has 0 amide bonds. The van der Waals surface area contributed by atoms with Crippen LogP contribution < -0.4 is 10.6 Å². The lowest BCUT2D eigenvalue weighted by molar-refractivity contribution is 0.434. The molecule has 1 heterocycles. The molecule has 102 valence electrons. The molecule has 2 nitrogen and oxygen atoms in total. The van der Waals surface area contributed by atoms with Crippen LogP contribution in [0.25, 0.3) is 0 Å². The second-order valence-corrected chi connectivity index (χ2v) is 6.28. The van der Waals surface area contributed by atoms with Gasteiger partial charge in [-0.25, -0.2) is 0 Å². The summed E-state index contributed by atoms with van der Waals surface area (Å²) in [6.07, 6.45) is 11.8. The van der Waals surface area contributed by atoms with Crippen LogP contribution in [0.1, 0.15) is 51.9 Å². The predicted octanol–water partition coefficient (Wildman–Crippen LogP) is 3.03. The first-order valence-electron chi connectivity index (χ1n) is 7.28. The Hall–Kier alpha value is 0.270. The van der Waals surface area contributed by atoms with Crippen LogP contribution in [0.5, 0.6) is 0 Å². The summed E-state index contributed by atoms with van der Waals surface area (Å²) in [5.41, 5.74) is 0. The molecule has 1 fully saturated rings. The zero-order chi connectivity index (χ0) is 12.3. The van der Waals surface area contributed by atoms with Gasteiger partial charge in [-0.3, -0.25) is 0 Å². The number of rotatable bonds is 10. The Morgan fingerprint density at radius 2 is 2.12 bits per heavy atom. The van der Waals surface area contributed by atoms with Gasteiger partial charge in [0.05, 0.1) is 0 Å². The molecule has 1 saturated heterocycles. The fraction of sp³-hybridized carbons (Fsp3) is 1.00. The summed E-state index contributed by atoms with van der Waals surface area (Å²) in [5, 5.41) is 7.23. The minimum absolute atomic E-state index is 0.678. The van der Waals surface area contributed by atoms with Crippen LogP contribution in [-0.4, -0.2) is 37.2 Å². The van der Waals surface area contributed by atoms with Crippen LogP contribution in [0, 0.1) is 0 Å². The predicted molar refractivity (Wildman–Crippen MR) is 80.0 cm³/mol. The fourth-order valence-corrected chi connectivity index (χ4v) is 3.03. The lowest BCUT2D eigenvalue weighted by Gasteiger charge is -2.18. The number of thioether (sulfide) groups is 1. The largest absolute Gasteiger partial charge is 0.314 e. The van der Waals surface area contributed by atoms with Crippen molar-refractivity contribution in [3.63, 3.8) is 0 Å². The normalized spacial score (nSPS) is 21.9. The molecule has 0 aromatic rings. The molecule has 0 aliphatic carbocycles. The molecular formula is C14H30N2S. The van der Waals surface area contributed by atoms with Crippen molar-refractivity contribution < 1.29 is 0 Å². The van der Waals surface area contributed by atoms with Gasteiger partial charge in [0.25, 0.3) is 0 Å². The van der Waals surface area contributed by atoms with Crippen molar-refractivity contribution in [1.29, 1.82) is 0 Å². The van der Waals surface area contributed by atoms with Crippen LogP contribution in [-0.2, 0) is 0 Å². The number of hydrogen-bond acceptors (Lipinski definition) is 3. The van der Waals surface area contributed by atoms with E-state index in [9.17, 15) is 0 Å². The van der Waals surface area contributed by atoms with Gasteiger partial charge in [-0.1, -0.05) is 12.8 Å². The molecule has 1 aliphatic rings. The second kappa shape index (κ2) is 10.2. The zero-order valence-electron chi connectivity index (χ0n) is 11.6. The van der Waals surface area contributed by atoms with Gasteiger partial charge in [0.2, 0.25) is 0 Å². The highest BCUT2D eigenvalue weighted by Crippen LogP contribution is 2.11. The van der Waals surface area contributed by atoms with Gasteiger partial charge in [0.15, 0.2) is 0 Å². The van der Waals surface area contributed by atoms with Gasteiger partial charge < -0.3 is 10.6 Å². The number of nitrogens with one attached hydrogen (secondary N) is 2. The molecule has 1 aliphatic heterocycles. The molecule has 1 rings (SSSR count). The van der Waals surface area contributed by atoms with Crippen molar-refractivity contribution in [2.45, 2.75) is 64.0 Å². The first-order valence-corrected chi connectivity index (χ1v) is 8.68. The van der Waals surface area contributed by atoms with Gasteiger partial charge in [0, 0.05) is 12.1 Å². The van der Waals surface area contributed by atoms with Crippen molar-refractivity contribution in [3.8, 4) is 0 Å². The van der Waals surface area contributed by atoms with Crippen molar-refractivity contribution in [2.75, 3.05) is 25.1 Å². The third-order valence-electron chi connectivity index (χ3n) is 3.57. The molecule has 3 heteroatoms. The molecular weight excluding hydrogens is 228 g/mol. The van der Waals surface area contributed by atoms with Gasteiger partial charge in [-0.05, 0) is 64.1 Å². The summed E-state index contributed by atoms with van der Waals surface area (Å²) in [6.45, 7) is 4.76. The van der Waals surface area contributed by atoms with E-state index in [4.69, 9.17) is 0 Å². The van der Waals surface area contributed by atoms with Crippen LogP contribution in [0.4, 0.5) is 0 Å². The van der Waals surface area contributed by atoms with Gasteiger partial charge in [-0.2, -0.15) is 11.8 Å². The second-order valence-electron chi connectivity index (χ2n) is 5.29. The number of unbranched alkanes of at least 4 members (excludes halogenated alkanes) is 3. The molecule has 2 unspecified atom stereocenters. The molecule has 0 aromatic heterocycles. The molecule has 2 N–H and O–H groups in total. The smallest absolute Gasteiger partial charge is 0.00822 e. The maximum atomic E-state index is 3.66. The van der Waals surface area contributed by atoms with Crippen molar-refractivity contribution in [3.05, 3.63) is 0 Å². The maximum Gasteiger partial charge on any atom is 0.00822 e. The van der Waals surface area contributed by atoms with Gasteiger partial charge >= 0.3 is 0 Å². The quantitative estimate of drug-likeness (QED) is 0.589. The van der Waals surface area contributed by atoms with Gasteiger partial charge in [-0.15, -0.1) is 0 Å². The van der Waals surface area contributed by atoms with E-state index in [-0.39, 0.29) is 0 Å². The highest BCUT2D eigenvalue weighted by molar-refractivity contribution is 7.98. The first kappa shape index (κ1) is 15.3. The van der Waals surface area contributed by atoms with E-state index in [1.54, 1.807) is 0 Å². The summed E-state index contributed by atoms with van der Waals surface area (Å²) < 4.78 is 0. The van der Waals surface area contributed by atoms with Crippen LogP contribution in [0.2, 0.25) is 0 Å². The van der Waals surface area contributed by atoms with E-state index in [2.05, 4.69) is 23.8 Å². The van der Waals surface area contributed by atoms with E-state index in [0.29, 0.717) is 6.04 Å².